The maximum Gasteiger partial charge on any atom is 0.112 e. The molecule has 0 fully saturated rings. The van der Waals surface area contributed by atoms with E-state index in [4.69, 9.17) is 0 Å². The van der Waals surface area contributed by atoms with Crippen molar-refractivity contribution in [1.82, 2.24) is 4.90 Å². The van der Waals surface area contributed by atoms with Crippen LogP contribution in [0.15, 0.2) is 12.3 Å². The second kappa shape index (κ2) is 8.15. The molecule has 0 aliphatic carbocycles. The summed E-state index contributed by atoms with van der Waals surface area (Å²) in [5.41, 5.74) is 2.09. The van der Waals surface area contributed by atoms with Gasteiger partial charge in [0.05, 0.1) is 0 Å². The molecule has 0 N–H and O–H groups in total. The lowest BCUT2D eigenvalue weighted by molar-refractivity contribution is 0.242. The Morgan fingerprint density at radius 3 is 2.20 bits per heavy atom. The standard InChI is InChI=1S/C18H37BN/c1-10-18(7,8)14-19-11-12-20(9)16(3)13-15(2)17(4,5)6/h15H,3,10-14H2,1-2,4-9H3. The highest BCUT2D eigenvalue weighted by Gasteiger charge is 2.21. The molecule has 0 aromatic rings. The molecule has 0 bridgehead atoms. The van der Waals surface area contributed by atoms with Gasteiger partial charge in [-0.1, -0.05) is 74.1 Å². The molecule has 0 aromatic heterocycles. The molecule has 0 aliphatic rings. The fourth-order valence-electron chi connectivity index (χ4n) is 1.90. The fraction of sp³-hybridized carbons (Fsp3) is 0.889. The number of nitrogens with zero attached hydrogens (tertiary/aromatic N) is 1. The van der Waals surface area contributed by atoms with Gasteiger partial charge in [0.2, 0.25) is 0 Å². The first-order valence-electron chi connectivity index (χ1n) is 8.20. The lowest BCUT2D eigenvalue weighted by Crippen LogP contribution is -2.25. The molecule has 0 saturated heterocycles. The predicted molar refractivity (Wildman–Crippen MR) is 94.4 cm³/mol. The molecule has 0 rings (SSSR count). The first-order chi connectivity index (χ1) is 8.99. The molecule has 1 unspecified atom stereocenters. The Hall–Kier alpha value is -0.395. The summed E-state index contributed by atoms with van der Waals surface area (Å²) in [6.45, 7) is 21.6. The summed E-state index contributed by atoms with van der Waals surface area (Å²) in [7, 11) is 4.62. The Morgan fingerprint density at radius 2 is 1.75 bits per heavy atom. The summed E-state index contributed by atoms with van der Waals surface area (Å²) in [5, 5.41) is 0. The van der Waals surface area contributed by atoms with Crippen molar-refractivity contribution in [2.45, 2.75) is 73.9 Å². The van der Waals surface area contributed by atoms with Crippen LogP contribution in [0.1, 0.15) is 61.3 Å². The summed E-state index contributed by atoms with van der Waals surface area (Å²) < 4.78 is 0. The van der Waals surface area contributed by atoms with E-state index in [9.17, 15) is 0 Å². The van der Waals surface area contributed by atoms with E-state index in [0.29, 0.717) is 16.7 Å². The molecule has 0 aromatic carbocycles. The largest absolute Gasteiger partial charge is 0.379 e. The SMILES string of the molecule is C=C(CC(C)C(C)(C)C)N(C)CC[B]CC(C)(C)CC. The first kappa shape index (κ1) is 19.6. The molecule has 0 spiro atoms. The van der Waals surface area contributed by atoms with Gasteiger partial charge in [0, 0.05) is 19.3 Å². The molecular weight excluding hydrogens is 241 g/mol. The van der Waals surface area contributed by atoms with Crippen molar-refractivity contribution in [3.05, 3.63) is 12.3 Å². The van der Waals surface area contributed by atoms with E-state index in [0.717, 1.165) is 19.3 Å². The molecule has 1 nitrogen and oxygen atoms in total. The van der Waals surface area contributed by atoms with Crippen LogP contribution in [-0.4, -0.2) is 25.8 Å². The van der Waals surface area contributed by atoms with E-state index in [2.05, 4.69) is 74.3 Å². The van der Waals surface area contributed by atoms with Gasteiger partial charge in [0.15, 0.2) is 0 Å². The monoisotopic (exact) mass is 278 g/mol. The van der Waals surface area contributed by atoms with Crippen LogP contribution in [0.2, 0.25) is 12.6 Å². The molecule has 0 amide bonds. The maximum absolute atomic E-state index is 4.26. The van der Waals surface area contributed by atoms with Crippen molar-refractivity contribution >= 4 is 7.28 Å². The number of hydrogen-bond donors (Lipinski definition) is 0. The third kappa shape index (κ3) is 8.02. The minimum absolute atomic E-state index is 0.362. The number of rotatable bonds is 9. The van der Waals surface area contributed by atoms with Crippen molar-refractivity contribution in [3.8, 4) is 0 Å². The molecule has 1 atom stereocenters. The summed E-state index contributed by atoms with van der Waals surface area (Å²) in [4.78, 5) is 2.33. The van der Waals surface area contributed by atoms with Crippen LogP contribution < -0.4 is 0 Å². The van der Waals surface area contributed by atoms with E-state index in [-0.39, 0.29) is 0 Å². The van der Waals surface area contributed by atoms with Crippen molar-refractivity contribution in [2.75, 3.05) is 13.6 Å². The molecule has 20 heavy (non-hydrogen) atoms. The summed E-state index contributed by atoms with van der Waals surface area (Å²) >= 11 is 0. The minimum Gasteiger partial charge on any atom is -0.379 e. The van der Waals surface area contributed by atoms with E-state index < -0.39 is 0 Å². The van der Waals surface area contributed by atoms with Gasteiger partial charge >= 0.3 is 0 Å². The van der Waals surface area contributed by atoms with Gasteiger partial charge in [-0.3, -0.25) is 0 Å². The van der Waals surface area contributed by atoms with Crippen LogP contribution in [0.4, 0.5) is 0 Å². The van der Waals surface area contributed by atoms with Crippen LogP contribution in [0.3, 0.4) is 0 Å². The van der Waals surface area contributed by atoms with Crippen molar-refractivity contribution < 1.29 is 0 Å². The smallest absolute Gasteiger partial charge is 0.112 e. The van der Waals surface area contributed by atoms with Gasteiger partial charge < -0.3 is 4.90 Å². The van der Waals surface area contributed by atoms with E-state index in [1.54, 1.807) is 0 Å². The maximum atomic E-state index is 4.26. The van der Waals surface area contributed by atoms with Crippen LogP contribution in [-0.2, 0) is 0 Å². The second-order valence-electron chi connectivity index (χ2n) is 8.26. The highest BCUT2D eigenvalue weighted by molar-refractivity contribution is 6.35. The zero-order valence-corrected chi connectivity index (χ0v) is 15.3. The highest BCUT2D eigenvalue weighted by Crippen LogP contribution is 2.31. The summed E-state index contributed by atoms with van der Waals surface area (Å²) in [5.74, 6) is 0.667. The molecular formula is C18H37BN. The number of hydrogen-bond acceptors (Lipinski definition) is 1. The summed E-state index contributed by atoms with van der Waals surface area (Å²) in [6.07, 6.45) is 4.71. The predicted octanol–water partition coefficient (Wildman–Crippen LogP) is 5.48. The molecule has 0 aliphatic heterocycles. The van der Waals surface area contributed by atoms with Crippen LogP contribution in [0.25, 0.3) is 0 Å². The lowest BCUT2D eigenvalue weighted by Gasteiger charge is -2.31. The second-order valence-corrected chi connectivity index (χ2v) is 8.26. The van der Waals surface area contributed by atoms with E-state index in [1.807, 2.05) is 0 Å². The zero-order chi connectivity index (χ0) is 16.0. The van der Waals surface area contributed by atoms with Crippen LogP contribution in [0, 0.1) is 16.7 Å². The molecule has 0 saturated carbocycles. The Kier molecular flexibility index (Phi) is 7.99. The van der Waals surface area contributed by atoms with Gasteiger partial charge in [-0.25, -0.2) is 0 Å². The van der Waals surface area contributed by atoms with Gasteiger partial charge in [-0.2, -0.15) is 0 Å². The number of allylic oxidation sites excluding steroid dienone is 1. The van der Waals surface area contributed by atoms with Crippen molar-refractivity contribution in [2.24, 2.45) is 16.7 Å². The van der Waals surface area contributed by atoms with Crippen molar-refractivity contribution in [1.29, 1.82) is 0 Å². The first-order valence-corrected chi connectivity index (χ1v) is 8.20. The Morgan fingerprint density at radius 1 is 1.20 bits per heavy atom. The normalized spacial score (nSPS) is 14.0. The minimum atomic E-state index is 0.362. The van der Waals surface area contributed by atoms with Crippen LogP contribution >= 0.6 is 0 Å². The Labute approximate surface area is 129 Å². The molecule has 117 valence electrons. The van der Waals surface area contributed by atoms with Gasteiger partial charge in [0.1, 0.15) is 7.28 Å². The topological polar surface area (TPSA) is 3.24 Å². The van der Waals surface area contributed by atoms with Gasteiger partial charge in [-0.05, 0) is 23.2 Å². The molecule has 0 heterocycles. The third-order valence-corrected chi connectivity index (χ3v) is 4.88. The molecule has 1 radical (unpaired) electrons. The van der Waals surface area contributed by atoms with Crippen LogP contribution in [0.5, 0.6) is 0 Å². The summed E-state index contributed by atoms with van der Waals surface area (Å²) in [6, 6.07) is 0. The molecule has 2 heteroatoms. The Bertz CT molecular complexity index is 288. The van der Waals surface area contributed by atoms with E-state index >= 15 is 0 Å². The zero-order valence-electron chi connectivity index (χ0n) is 15.3. The quantitative estimate of drug-likeness (QED) is 0.398. The average molecular weight is 278 g/mol. The van der Waals surface area contributed by atoms with Gasteiger partial charge in [0.25, 0.3) is 0 Å². The fourth-order valence-corrected chi connectivity index (χ4v) is 1.90. The van der Waals surface area contributed by atoms with Crippen molar-refractivity contribution in [3.63, 3.8) is 0 Å². The average Bonchev–Trinajstić information content (AvgIpc) is 2.33. The van der Waals surface area contributed by atoms with Gasteiger partial charge in [-0.15, -0.1) is 0 Å². The van der Waals surface area contributed by atoms with E-state index in [1.165, 1.54) is 18.4 Å². The lowest BCUT2D eigenvalue weighted by atomic mass is 9.61. The Balaban J connectivity index is 3.98. The third-order valence-electron chi connectivity index (χ3n) is 4.88. The highest BCUT2D eigenvalue weighted by atomic mass is 15.1.